The molecule has 0 saturated heterocycles. The van der Waals surface area contributed by atoms with Crippen molar-refractivity contribution in [3.8, 4) is 11.5 Å². The third kappa shape index (κ3) is 4.00. The molecule has 134 valence electrons. The van der Waals surface area contributed by atoms with E-state index in [-0.39, 0.29) is 22.6 Å². The van der Waals surface area contributed by atoms with Crippen molar-refractivity contribution in [1.29, 1.82) is 0 Å². The van der Waals surface area contributed by atoms with Crippen molar-refractivity contribution in [2.24, 2.45) is 10.7 Å². The van der Waals surface area contributed by atoms with Gasteiger partial charge in [-0.05, 0) is 41.6 Å². The molecule has 1 aliphatic rings. The average molecular weight is 393 g/mol. The Hall–Kier alpha value is -2.51. The molecule has 1 heterocycles. The van der Waals surface area contributed by atoms with E-state index in [9.17, 15) is 9.18 Å². The number of amidine groups is 1. The molecule has 8 heteroatoms. The molecule has 26 heavy (non-hydrogen) atoms. The van der Waals surface area contributed by atoms with Crippen molar-refractivity contribution in [3.63, 3.8) is 0 Å². The van der Waals surface area contributed by atoms with Crippen LogP contribution in [0.1, 0.15) is 11.1 Å². The van der Waals surface area contributed by atoms with Gasteiger partial charge in [0.1, 0.15) is 12.4 Å². The third-order valence-corrected chi connectivity index (χ3v) is 4.61. The van der Waals surface area contributed by atoms with E-state index < -0.39 is 5.91 Å². The quantitative estimate of drug-likeness (QED) is 0.778. The van der Waals surface area contributed by atoms with Crippen molar-refractivity contribution in [3.05, 3.63) is 63.3 Å². The number of amides is 1. The minimum atomic E-state index is -0.400. The predicted molar refractivity (Wildman–Crippen MR) is 101 cm³/mol. The first-order valence-electron chi connectivity index (χ1n) is 7.49. The van der Waals surface area contributed by atoms with Gasteiger partial charge in [0.05, 0.1) is 17.0 Å². The fraction of sp³-hybridized carbons (Fsp3) is 0.111. The van der Waals surface area contributed by atoms with Crippen LogP contribution in [0.5, 0.6) is 11.5 Å². The highest BCUT2D eigenvalue weighted by atomic mass is 35.5. The maximum absolute atomic E-state index is 13.7. The molecular weight excluding hydrogens is 379 g/mol. The predicted octanol–water partition coefficient (Wildman–Crippen LogP) is 4.00. The first-order valence-corrected chi connectivity index (χ1v) is 8.69. The first kappa shape index (κ1) is 18.3. The van der Waals surface area contributed by atoms with Crippen LogP contribution in [0.15, 0.2) is 46.3 Å². The molecule has 0 aliphatic carbocycles. The monoisotopic (exact) mass is 392 g/mol. The molecule has 0 aromatic heterocycles. The molecule has 0 unspecified atom stereocenters. The van der Waals surface area contributed by atoms with Crippen LogP contribution in [0, 0.1) is 5.82 Å². The minimum absolute atomic E-state index is 0.00189. The fourth-order valence-corrected chi connectivity index (χ4v) is 3.26. The lowest BCUT2D eigenvalue weighted by Gasteiger charge is -2.14. The number of ether oxygens (including phenoxy) is 2. The van der Waals surface area contributed by atoms with Gasteiger partial charge in [-0.15, -0.1) is 0 Å². The topological polar surface area (TPSA) is 73.9 Å². The van der Waals surface area contributed by atoms with E-state index in [2.05, 4.69) is 4.99 Å². The zero-order valence-corrected chi connectivity index (χ0v) is 15.2. The molecule has 2 aromatic carbocycles. The summed E-state index contributed by atoms with van der Waals surface area (Å²) >= 11 is 7.38. The van der Waals surface area contributed by atoms with Gasteiger partial charge >= 0.3 is 0 Å². The number of carbonyl (C=O) groups is 1. The summed E-state index contributed by atoms with van der Waals surface area (Å²) in [5.41, 5.74) is 6.57. The van der Waals surface area contributed by atoms with Gasteiger partial charge in [-0.25, -0.2) is 4.39 Å². The third-order valence-electron chi connectivity index (χ3n) is 3.52. The zero-order chi connectivity index (χ0) is 18.7. The summed E-state index contributed by atoms with van der Waals surface area (Å²) in [7, 11) is 1.47. The number of methoxy groups -OCH3 is 1. The van der Waals surface area contributed by atoms with Gasteiger partial charge in [0.2, 0.25) is 0 Å². The molecule has 0 spiro atoms. The number of benzene rings is 2. The molecule has 5 nitrogen and oxygen atoms in total. The van der Waals surface area contributed by atoms with Crippen molar-refractivity contribution >= 4 is 40.5 Å². The molecule has 1 amide bonds. The number of halogens is 2. The molecule has 3 rings (SSSR count). The lowest BCUT2D eigenvalue weighted by molar-refractivity contribution is -0.113. The van der Waals surface area contributed by atoms with Gasteiger partial charge in [-0.2, -0.15) is 4.99 Å². The lowest BCUT2D eigenvalue weighted by atomic mass is 10.1. The highest BCUT2D eigenvalue weighted by Gasteiger charge is 2.20. The summed E-state index contributed by atoms with van der Waals surface area (Å²) in [6.07, 6.45) is 1.62. The number of thioether (sulfide) groups is 1. The van der Waals surface area contributed by atoms with E-state index >= 15 is 0 Å². The number of carbonyl (C=O) groups excluding carboxylic acids is 1. The van der Waals surface area contributed by atoms with E-state index in [0.29, 0.717) is 27.5 Å². The SMILES string of the molecule is COc1cc(/C=C2/SC(N)=NC2=O)cc(Cl)c1OCc1ccccc1F. The lowest BCUT2D eigenvalue weighted by Crippen LogP contribution is -2.01. The van der Waals surface area contributed by atoms with Crippen LogP contribution in [0.4, 0.5) is 4.39 Å². The smallest absolute Gasteiger partial charge is 0.286 e. The number of nitrogens with two attached hydrogens (primary N) is 1. The molecule has 1 aliphatic heterocycles. The average Bonchev–Trinajstić information content (AvgIpc) is 2.92. The number of rotatable bonds is 5. The van der Waals surface area contributed by atoms with E-state index in [4.69, 9.17) is 26.8 Å². The number of nitrogens with zero attached hydrogens (tertiary/aromatic N) is 1. The molecule has 0 atom stereocenters. The van der Waals surface area contributed by atoms with Crippen LogP contribution >= 0.6 is 23.4 Å². The molecule has 0 fully saturated rings. The summed E-state index contributed by atoms with van der Waals surface area (Å²) in [5.74, 6) is -0.105. The van der Waals surface area contributed by atoms with Gasteiger partial charge < -0.3 is 15.2 Å². The van der Waals surface area contributed by atoms with Crippen LogP contribution < -0.4 is 15.2 Å². The highest BCUT2D eigenvalue weighted by molar-refractivity contribution is 8.18. The molecule has 0 saturated carbocycles. The maximum Gasteiger partial charge on any atom is 0.286 e. The molecule has 2 aromatic rings. The second-order valence-electron chi connectivity index (χ2n) is 5.28. The molecule has 0 bridgehead atoms. The summed E-state index contributed by atoms with van der Waals surface area (Å²) in [4.78, 5) is 15.7. The Balaban J connectivity index is 1.85. The Bertz CT molecular complexity index is 931. The summed E-state index contributed by atoms with van der Waals surface area (Å²) in [6.45, 7) is 0.00189. The Kier molecular flexibility index (Phi) is 5.49. The Labute approximate surface area is 158 Å². The highest BCUT2D eigenvalue weighted by Crippen LogP contribution is 2.38. The number of hydrogen-bond acceptors (Lipinski definition) is 5. The van der Waals surface area contributed by atoms with E-state index in [1.54, 1.807) is 36.4 Å². The Morgan fingerprint density at radius 3 is 2.77 bits per heavy atom. The minimum Gasteiger partial charge on any atom is -0.493 e. The van der Waals surface area contributed by atoms with Crippen LogP contribution in [0.25, 0.3) is 6.08 Å². The van der Waals surface area contributed by atoms with Crippen LogP contribution in [-0.4, -0.2) is 18.2 Å². The van der Waals surface area contributed by atoms with Crippen molar-refractivity contribution in [2.75, 3.05) is 7.11 Å². The second kappa shape index (κ2) is 7.80. The fourth-order valence-electron chi connectivity index (χ4n) is 2.31. The van der Waals surface area contributed by atoms with Gasteiger partial charge in [0.25, 0.3) is 5.91 Å². The second-order valence-corrected chi connectivity index (χ2v) is 6.75. The van der Waals surface area contributed by atoms with Gasteiger partial charge in [-0.3, -0.25) is 4.79 Å². The zero-order valence-electron chi connectivity index (χ0n) is 13.7. The van der Waals surface area contributed by atoms with Crippen LogP contribution in [0.3, 0.4) is 0 Å². The van der Waals surface area contributed by atoms with Crippen molar-refractivity contribution in [2.45, 2.75) is 6.61 Å². The maximum atomic E-state index is 13.7. The number of aliphatic imine (C=N–C) groups is 1. The Morgan fingerprint density at radius 2 is 2.12 bits per heavy atom. The Morgan fingerprint density at radius 1 is 1.35 bits per heavy atom. The summed E-state index contributed by atoms with van der Waals surface area (Å²) in [5, 5.41) is 0.473. The number of hydrogen-bond donors (Lipinski definition) is 1. The van der Waals surface area contributed by atoms with E-state index in [1.165, 1.54) is 13.2 Å². The summed E-state index contributed by atoms with van der Waals surface area (Å²) < 4.78 is 24.7. The van der Waals surface area contributed by atoms with Gasteiger partial charge in [0.15, 0.2) is 16.7 Å². The summed E-state index contributed by atoms with van der Waals surface area (Å²) in [6, 6.07) is 9.60. The standard InChI is InChI=1S/C18H14ClFN2O3S/c1-24-14-7-10(8-15-17(23)22-18(21)26-15)6-12(19)16(14)25-9-11-4-2-3-5-13(11)20/h2-8H,9H2,1H3,(H2,21,22,23)/b15-8+. The largest absolute Gasteiger partial charge is 0.493 e. The van der Waals surface area contributed by atoms with E-state index in [1.807, 2.05) is 0 Å². The van der Waals surface area contributed by atoms with Crippen molar-refractivity contribution in [1.82, 2.24) is 0 Å². The molecule has 2 N–H and O–H groups in total. The molecule has 0 radical (unpaired) electrons. The van der Waals surface area contributed by atoms with Gasteiger partial charge in [0, 0.05) is 5.56 Å². The first-order chi connectivity index (χ1) is 12.5. The van der Waals surface area contributed by atoms with E-state index in [0.717, 1.165) is 11.8 Å². The van der Waals surface area contributed by atoms with Crippen molar-refractivity contribution < 1.29 is 18.7 Å². The van der Waals surface area contributed by atoms with Crippen LogP contribution in [-0.2, 0) is 11.4 Å². The van der Waals surface area contributed by atoms with Crippen LogP contribution in [0.2, 0.25) is 5.02 Å². The molecular formula is C18H14ClFN2O3S. The normalized spacial score (nSPS) is 15.3. The van der Waals surface area contributed by atoms with Gasteiger partial charge in [-0.1, -0.05) is 29.8 Å².